The first kappa shape index (κ1) is 24.7. The molecule has 2 aromatic carbocycles. The zero-order valence-corrected chi connectivity index (χ0v) is 21.4. The molecule has 0 fully saturated rings. The minimum Gasteiger partial charge on any atom is -0.468 e. The highest BCUT2D eigenvalue weighted by Crippen LogP contribution is 2.29. The third-order valence-corrected chi connectivity index (χ3v) is 6.99. The van der Waals surface area contributed by atoms with Crippen molar-refractivity contribution in [2.24, 2.45) is 7.05 Å². The normalized spacial score (nSPS) is 12.3. The number of aryl methyl sites for hydroxylation is 1. The maximum Gasteiger partial charge on any atom is 0.315 e. The molecule has 1 unspecified atom stereocenters. The second-order valence-corrected chi connectivity index (χ2v) is 9.96. The standard InChI is InChI=1S/C26H21ClN4O5S/c1-30-12-17-11-19(8-10-21(17)29-30)31-13-16-5-9-22(20(14-37(34)35)26(33)36-2)28-24(16)23(25(31)32)15-3-6-18(27)7-4-15/h3-13,20,37H,14H2,1-2H3. The zero-order valence-electron chi connectivity index (χ0n) is 19.8. The predicted molar refractivity (Wildman–Crippen MR) is 142 cm³/mol. The molecule has 0 N–H and O–H groups in total. The number of pyridine rings is 2. The minimum atomic E-state index is -2.88. The summed E-state index contributed by atoms with van der Waals surface area (Å²) in [5.41, 5.74) is 2.49. The van der Waals surface area contributed by atoms with Crippen molar-refractivity contribution in [1.82, 2.24) is 19.3 Å². The molecule has 188 valence electrons. The van der Waals surface area contributed by atoms with Crippen LogP contribution in [0.25, 0.3) is 38.6 Å². The van der Waals surface area contributed by atoms with Crippen molar-refractivity contribution >= 4 is 50.1 Å². The molecule has 3 aromatic heterocycles. The fourth-order valence-electron chi connectivity index (χ4n) is 4.34. The molecular weight excluding hydrogens is 516 g/mol. The molecule has 11 heteroatoms. The van der Waals surface area contributed by atoms with Crippen LogP contribution in [0, 0.1) is 0 Å². The summed E-state index contributed by atoms with van der Waals surface area (Å²) in [5.74, 6) is -2.31. The Morgan fingerprint density at radius 2 is 1.81 bits per heavy atom. The summed E-state index contributed by atoms with van der Waals surface area (Å²) in [6.07, 6.45) is 3.54. The van der Waals surface area contributed by atoms with Crippen LogP contribution in [0.2, 0.25) is 5.02 Å². The Balaban J connectivity index is 1.79. The molecule has 1 atom stereocenters. The smallest absolute Gasteiger partial charge is 0.315 e. The van der Waals surface area contributed by atoms with E-state index in [1.54, 1.807) is 47.3 Å². The second kappa shape index (κ2) is 9.79. The molecule has 5 aromatic rings. The lowest BCUT2D eigenvalue weighted by Gasteiger charge is -2.15. The fraction of sp³-hybridized carbons (Fsp3) is 0.154. The van der Waals surface area contributed by atoms with Crippen molar-refractivity contribution in [1.29, 1.82) is 0 Å². The Morgan fingerprint density at radius 1 is 1.05 bits per heavy atom. The number of hydrogen-bond acceptors (Lipinski definition) is 7. The molecule has 0 amide bonds. The van der Waals surface area contributed by atoms with Gasteiger partial charge in [0.2, 0.25) is 0 Å². The van der Waals surface area contributed by atoms with Crippen molar-refractivity contribution in [2.45, 2.75) is 5.92 Å². The van der Waals surface area contributed by atoms with Crippen molar-refractivity contribution in [2.75, 3.05) is 12.9 Å². The van der Waals surface area contributed by atoms with E-state index in [2.05, 4.69) is 10.1 Å². The third kappa shape index (κ3) is 4.73. The van der Waals surface area contributed by atoms with E-state index in [0.29, 0.717) is 27.2 Å². The molecule has 37 heavy (non-hydrogen) atoms. The molecule has 0 aliphatic rings. The van der Waals surface area contributed by atoms with Gasteiger partial charge in [0.15, 0.2) is 0 Å². The summed E-state index contributed by atoms with van der Waals surface area (Å²) in [7, 11) is 0.131. The first-order chi connectivity index (χ1) is 17.7. The van der Waals surface area contributed by atoms with E-state index < -0.39 is 28.3 Å². The van der Waals surface area contributed by atoms with Crippen LogP contribution in [0.5, 0.6) is 0 Å². The van der Waals surface area contributed by atoms with Gasteiger partial charge >= 0.3 is 5.97 Å². The van der Waals surface area contributed by atoms with E-state index in [1.807, 2.05) is 31.4 Å². The number of hydrogen-bond donors (Lipinski definition) is 1. The Hall–Kier alpha value is -4.02. The lowest BCUT2D eigenvalue weighted by atomic mass is 10.0. The Morgan fingerprint density at radius 3 is 2.51 bits per heavy atom. The molecule has 0 aliphatic carbocycles. The highest BCUT2D eigenvalue weighted by molar-refractivity contribution is 7.72. The van der Waals surface area contributed by atoms with Gasteiger partial charge in [-0.15, -0.1) is 0 Å². The number of rotatable bonds is 6. The molecule has 3 heterocycles. The molecule has 0 aliphatic heterocycles. The molecule has 0 saturated heterocycles. The number of nitrogens with zero attached hydrogens (tertiary/aromatic N) is 4. The van der Waals surface area contributed by atoms with Crippen LogP contribution < -0.4 is 5.56 Å². The largest absolute Gasteiger partial charge is 0.468 e. The van der Waals surface area contributed by atoms with Crippen LogP contribution in [-0.4, -0.2) is 46.6 Å². The number of halogens is 1. The molecule has 9 nitrogen and oxygen atoms in total. The quantitative estimate of drug-likeness (QED) is 0.261. The van der Waals surface area contributed by atoms with Crippen molar-refractivity contribution in [3.63, 3.8) is 0 Å². The number of aromatic nitrogens is 4. The van der Waals surface area contributed by atoms with Gasteiger partial charge in [0.1, 0.15) is 16.6 Å². The topological polar surface area (TPSA) is 113 Å². The summed E-state index contributed by atoms with van der Waals surface area (Å²) in [4.78, 5) is 30.9. The number of ether oxygens (including phenoxy) is 1. The Kier molecular flexibility index (Phi) is 6.53. The van der Waals surface area contributed by atoms with E-state index in [1.165, 1.54) is 11.7 Å². The van der Waals surface area contributed by atoms with Gasteiger partial charge in [-0.2, -0.15) is 5.10 Å². The van der Waals surface area contributed by atoms with Gasteiger partial charge in [0, 0.05) is 40.9 Å². The molecule has 0 radical (unpaired) electrons. The lowest BCUT2D eigenvalue weighted by Crippen LogP contribution is -2.22. The predicted octanol–water partition coefficient (Wildman–Crippen LogP) is 3.46. The van der Waals surface area contributed by atoms with Crippen molar-refractivity contribution in [3.8, 4) is 16.8 Å². The van der Waals surface area contributed by atoms with E-state index in [0.717, 1.165) is 10.9 Å². The SMILES string of the molecule is COC(=O)C(C[SH](=O)=O)c1ccc2cn(-c3ccc4nn(C)cc4c3)c(=O)c(-c3ccc(Cl)cc3)c2n1. The number of fused-ring (bicyclic) bond motifs is 2. The van der Waals surface area contributed by atoms with Crippen LogP contribution >= 0.6 is 11.6 Å². The first-order valence-corrected chi connectivity index (χ1v) is 12.9. The van der Waals surface area contributed by atoms with Crippen LogP contribution in [0.15, 0.2) is 71.8 Å². The number of carbonyl (C=O) groups excluding carboxylic acids is 1. The van der Waals surface area contributed by atoms with E-state index in [-0.39, 0.29) is 16.8 Å². The number of benzene rings is 2. The summed E-state index contributed by atoms with van der Waals surface area (Å²) in [5, 5.41) is 6.39. The van der Waals surface area contributed by atoms with E-state index in [9.17, 15) is 18.0 Å². The number of carbonyl (C=O) groups is 1. The van der Waals surface area contributed by atoms with Gasteiger partial charge in [-0.3, -0.25) is 23.8 Å². The van der Waals surface area contributed by atoms with Crippen molar-refractivity contribution < 1.29 is 17.9 Å². The summed E-state index contributed by atoms with van der Waals surface area (Å²) < 4.78 is 31.0. The molecule has 0 saturated carbocycles. The van der Waals surface area contributed by atoms with E-state index in [4.69, 9.17) is 16.3 Å². The van der Waals surface area contributed by atoms with E-state index >= 15 is 0 Å². The monoisotopic (exact) mass is 536 g/mol. The number of thiol groups is 1. The van der Waals surface area contributed by atoms with Crippen LogP contribution in [-0.2, 0) is 27.3 Å². The Bertz CT molecular complexity index is 1800. The summed E-state index contributed by atoms with van der Waals surface area (Å²) in [6, 6.07) is 15.6. The average molecular weight is 537 g/mol. The fourth-order valence-corrected chi connectivity index (χ4v) is 5.10. The molecular formula is C26H21ClN4O5S. The van der Waals surface area contributed by atoms with Gasteiger partial charge in [-0.05, 0) is 48.0 Å². The van der Waals surface area contributed by atoms with Crippen LogP contribution in [0.1, 0.15) is 11.6 Å². The van der Waals surface area contributed by atoms with Gasteiger partial charge in [0.05, 0.1) is 35.2 Å². The first-order valence-electron chi connectivity index (χ1n) is 11.2. The average Bonchev–Trinajstić information content (AvgIpc) is 3.26. The molecule has 5 rings (SSSR count). The maximum absolute atomic E-state index is 13.9. The minimum absolute atomic E-state index is 0.197. The van der Waals surface area contributed by atoms with Gasteiger partial charge < -0.3 is 4.74 Å². The highest BCUT2D eigenvalue weighted by Gasteiger charge is 2.25. The third-order valence-electron chi connectivity index (χ3n) is 6.07. The lowest BCUT2D eigenvalue weighted by molar-refractivity contribution is -0.141. The van der Waals surface area contributed by atoms with Crippen LogP contribution in [0.4, 0.5) is 0 Å². The summed E-state index contributed by atoms with van der Waals surface area (Å²) >= 11 is 6.09. The van der Waals surface area contributed by atoms with Gasteiger partial charge in [0.25, 0.3) is 5.56 Å². The van der Waals surface area contributed by atoms with Crippen molar-refractivity contribution in [3.05, 3.63) is 88.1 Å². The summed E-state index contributed by atoms with van der Waals surface area (Å²) in [6.45, 7) is 0. The van der Waals surface area contributed by atoms with Gasteiger partial charge in [-0.25, -0.2) is 8.42 Å². The molecule has 0 bridgehead atoms. The number of methoxy groups -OCH3 is 1. The van der Waals surface area contributed by atoms with Gasteiger partial charge in [-0.1, -0.05) is 23.7 Å². The highest BCUT2D eigenvalue weighted by atomic mass is 35.5. The number of esters is 1. The molecule has 0 spiro atoms. The second-order valence-electron chi connectivity index (χ2n) is 8.50. The Labute approximate surface area is 217 Å². The maximum atomic E-state index is 13.9. The van der Waals surface area contributed by atoms with Crippen LogP contribution in [0.3, 0.4) is 0 Å². The zero-order chi connectivity index (χ0) is 26.3.